The summed E-state index contributed by atoms with van der Waals surface area (Å²) >= 11 is 6.49. The van der Waals surface area contributed by atoms with Crippen molar-refractivity contribution in [2.75, 3.05) is 38.0 Å². The molecule has 0 atom stereocenters. The first kappa shape index (κ1) is 37.9. The van der Waals surface area contributed by atoms with E-state index >= 15 is 0 Å². The lowest BCUT2D eigenvalue weighted by atomic mass is 10.1. The maximum Gasteiger partial charge on any atom is 0.435 e. The Labute approximate surface area is 303 Å². The molecule has 1 aliphatic rings. The number of nitrogens with one attached hydrogen (secondary N) is 3. The lowest BCUT2D eigenvalue weighted by Crippen LogP contribution is -2.49. The number of aromatic amines is 1. The number of H-pyrrole nitrogens is 1. The van der Waals surface area contributed by atoms with Gasteiger partial charge >= 0.3 is 6.18 Å². The minimum absolute atomic E-state index is 0.0113. The molecule has 0 saturated carbocycles. The monoisotopic (exact) mass is 740 g/mol. The number of carbonyl (C=O) groups excluding carboxylic acids is 2. The predicted molar refractivity (Wildman–Crippen MR) is 192 cm³/mol. The van der Waals surface area contributed by atoms with Gasteiger partial charge in [0, 0.05) is 57.3 Å². The number of hydrogen-bond donors (Lipinski definition) is 4. The van der Waals surface area contributed by atoms with E-state index < -0.39 is 17.8 Å². The second-order valence-electron chi connectivity index (χ2n) is 11.7. The fourth-order valence-electron chi connectivity index (χ4n) is 5.71. The smallest absolute Gasteiger partial charge is 0.390 e. The second kappa shape index (κ2) is 15.9. The van der Waals surface area contributed by atoms with E-state index in [1.54, 1.807) is 17.0 Å². The summed E-state index contributed by atoms with van der Waals surface area (Å²) in [6.07, 6.45) is -1.53. The van der Waals surface area contributed by atoms with Gasteiger partial charge in [0.05, 0.1) is 51.5 Å². The van der Waals surface area contributed by atoms with Gasteiger partial charge in [0.15, 0.2) is 17.3 Å². The third kappa shape index (κ3) is 7.92. The number of piperazine rings is 1. The van der Waals surface area contributed by atoms with Crippen molar-refractivity contribution in [3.63, 3.8) is 0 Å². The molecule has 1 saturated heterocycles. The van der Waals surface area contributed by atoms with Crippen LogP contribution in [0.4, 0.5) is 18.9 Å². The topological polar surface area (TPSA) is 149 Å². The summed E-state index contributed by atoms with van der Waals surface area (Å²) < 4.78 is 44.8. The molecular weight excluding hydrogens is 701 g/mol. The molecule has 0 spiro atoms. The Morgan fingerprint density at radius 2 is 1.79 bits per heavy atom. The normalized spacial score (nSPS) is 13.2. The highest BCUT2D eigenvalue weighted by Crippen LogP contribution is 2.37. The Balaban J connectivity index is 0.00000257. The van der Waals surface area contributed by atoms with E-state index in [9.17, 15) is 27.9 Å². The molecule has 1 fully saturated rings. The summed E-state index contributed by atoms with van der Waals surface area (Å²) in [4.78, 5) is 41.8. The molecule has 0 unspecified atom stereocenters. The zero-order chi connectivity index (χ0) is 37.7. The number of fused-ring (bicyclic) bond motifs is 1. The summed E-state index contributed by atoms with van der Waals surface area (Å²) in [5, 5.41) is 19.2. The average Bonchev–Trinajstić information content (AvgIpc) is 3.87. The van der Waals surface area contributed by atoms with Crippen LogP contribution in [0.3, 0.4) is 0 Å². The molecule has 1 aliphatic heterocycles. The van der Waals surface area contributed by atoms with Crippen molar-refractivity contribution in [1.82, 2.24) is 44.4 Å². The first-order valence-electron chi connectivity index (χ1n) is 16.7. The van der Waals surface area contributed by atoms with Crippen LogP contribution in [0.15, 0.2) is 61.2 Å². The Kier molecular flexibility index (Phi) is 11.6. The van der Waals surface area contributed by atoms with Crippen LogP contribution in [-0.2, 0) is 19.8 Å². The minimum atomic E-state index is -4.83. The van der Waals surface area contributed by atoms with Crippen molar-refractivity contribution >= 4 is 40.1 Å². The predicted octanol–water partition coefficient (Wildman–Crippen LogP) is 5.82. The van der Waals surface area contributed by atoms with Gasteiger partial charge in [-0.05, 0) is 42.8 Å². The molecular formula is C35H40ClF3N10O3. The fraction of sp³-hybridized carbons (Fsp3) is 0.343. The number of aromatic nitrogens is 6. The quantitative estimate of drug-likeness (QED) is 0.140. The first-order chi connectivity index (χ1) is 24.9. The highest BCUT2D eigenvalue weighted by atomic mass is 35.5. The molecule has 4 N–H and O–H groups in total. The van der Waals surface area contributed by atoms with Crippen molar-refractivity contribution in [2.24, 2.45) is 7.05 Å². The van der Waals surface area contributed by atoms with Crippen molar-refractivity contribution in [3.8, 4) is 17.1 Å². The fourth-order valence-corrected chi connectivity index (χ4v) is 5.97. The maximum atomic E-state index is 14.2. The number of alkyl halides is 3. The van der Waals surface area contributed by atoms with Crippen LogP contribution < -0.4 is 10.6 Å². The Hall–Kier alpha value is -5.35. The van der Waals surface area contributed by atoms with E-state index in [1.807, 2.05) is 13.8 Å². The van der Waals surface area contributed by atoms with Gasteiger partial charge in [-0.2, -0.15) is 18.3 Å². The summed E-state index contributed by atoms with van der Waals surface area (Å²) in [5.41, 5.74) is 0.568. The molecule has 0 bridgehead atoms. The number of carbonyl (C=O) groups is 2. The molecule has 4 aromatic heterocycles. The van der Waals surface area contributed by atoms with E-state index in [1.165, 1.54) is 42.1 Å². The molecule has 276 valence electrons. The number of anilines is 1. The lowest BCUT2D eigenvalue weighted by molar-refractivity contribution is -0.140. The molecule has 0 aliphatic carbocycles. The highest BCUT2D eigenvalue weighted by molar-refractivity contribution is 6.34. The van der Waals surface area contributed by atoms with Crippen LogP contribution in [0.5, 0.6) is 0 Å². The van der Waals surface area contributed by atoms with Crippen LogP contribution in [0.25, 0.3) is 28.1 Å². The zero-order valence-corrected chi connectivity index (χ0v) is 29.9. The van der Waals surface area contributed by atoms with E-state index in [2.05, 4.69) is 49.1 Å². The summed E-state index contributed by atoms with van der Waals surface area (Å²) in [7, 11) is 1.42. The van der Waals surface area contributed by atoms with Gasteiger partial charge in [-0.3, -0.25) is 9.59 Å². The minimum Gasteiger partial charge on any atom is -0.390 e. The van der Waals surface area contributed by atoms with Crippen LogP contribution in [0.1, 0.15) is 59.6 Å². The largest absolute Gasteiger partial charge is 0.435 e. The van der Waals surface area contributed by atoms with E-state index in [0.29, 0.717) is 42.9 Å². The third-order valence-corrected chi connectivity index (χ3v) is 8.67. The highest BCUT2D eigenvalue weighted by Gasteiger charge is 2.39. The van der Waals surface area contributed by atoms with Crippen molar-refractivity contribution in [1.29, 1.82) is 0 Å². The number of imidazole rings is 1. The van der Waals surface area contributed by atoms with Gasteiger partial charge < -0.3 is 35.1 Å². The molecule has 13 nitrogen and oxygen atoms in total. The van der Waals surface area contributed by atoms with E-state index in [4.69, 9.17) is 11.6 Å². The van der Waals surface area contributed by atoms with Crippen molar-refractivity contribution < 1.29 is 27.9 Å². The van der Waals surface area contributed by atoms with Crippen LogP contribution in [-0.4, -0.2) is 88.7 Å². The molecule has 5 heterocycles. The summed E-state index contributed by atoms with van der Waals surface area (Å²) in [6.45, 7) is 12.9. The standard InChI is InChI=1S/C33H34ClF3N10O3.C2H6/c1-4-9-38-19(2)45-10-12-46(13-11-45)32(50)22-6-5-20(14-24(22)34)41-31(49)30-39-16-27(44(30)3)23-17-47(43-29(23)33(35,36)37)28-8-7-25-26(42-28)15-21(18-48)40-25;1-2/h5-8,14-17,38,40,48H,2,4,9-13,18H2,1,3H3,(H,41,49);1-2H3. The number of aliphatic hydroxyl groups excluding tert-OH is 1. The molecule has 2 amide bonds. The van der Waals surface area contributed by atoms with E-state index in [0.717, 1.165) is 29.7 Å². The number of aliphatic hydroxyl groups is 1. The van der Waals surface area contributed by atoms with Crippen LogP contribution in [0.2, 0.25) is 5.02 Å². The molecule has 5 aromatic rings. The van der Waals surface area contributed by atoms with Crippen LogP contribution >= 0.6 is 11.6 Å². The zero-order valence-electron chi connectivity index (χ0n) is 29.2. The first-order valence-corrected chi connectivity index (χ1v) is 17.1. The van der Waals surface area contributed by atoms with Gasteiger partial charge in [0.2, 0.25) is 0 Å². The summed E-state index contributed by atoms with van der Waals surface area (Å²) in [6, 6.07) is 9.19. The molecule has 17 heteroatoms. The Bertz CT molecular complexity index is 2080. The molecule has 0 radical (unpaired) electrons. The maximum absolute atomic E-state index is 14.2. The van der Waals surface area contributed by atoms with Gasteiger partial charge in [-0.1, -0.05) is 39.0 Å². The molecule has 52 heavy (non-hydrogen) atoms. The number of halogens is 4. The number of benzene rings is 1. The van der Waals surface area contributed by atoms with Gasteiger partial charge in [-0.15, -0.1) is 0 Å². The van der Waals surface area contributed by atoms with Gasteiger partial charge in [0.25, 0.3) is 11.8 Å². The average molecular weight is 741 g/mol. The van der Waals surface area contributed by atoms with Crippen LogP contribution in [0, 0.1) is 0 Å². The van der Waals surface area contributed by atoms with E-state index in [-0.39, 0.29) is 51.7 Å². The number of amides is 2. The number of nitrogens with zero attached hydrogens (tertiary/aromatic N) is 7. The third-order valence-electron chi connectivity index (χ3n) is 8.36. The number of hydrogen-bond acceptors (Lipinski definition) is 8. The second-order valence-corrected chi connectivity index (χ2v) is 12.1. The Morgan fingerprint density at radius 1 is 1.08 bits per heavy atom. The Morgan fingerprint density at radius 3 is 2.44 bits per heavy atom. The lowest BCUT2D eigenvalue weighted by Gasteiger charge is -2.37. The van der Waals surface area contributed by atoms with Crippen molar-refractivity contribution in [2.45, 2.75) is 40.0 Å². The molecule has 6 rings (SSSR count). The molecule has 1 aromatic carbocycles. The van der Waals surface area contributed by atoms with Crippen molar-refractivity contribution in [3.05, 3.63) is 89.0 Å². The SMILES string of the molecule is C=C(NCCC)N1CCN(C(=O)c2ccc(NC(=O)c3ncc(-c4cn(-c5ccc6[nH]c(CO)cc6n5)nc4C(F)(F)F)n3C)cc2Cl)CC1.CC. The summed E-state index contributed by atoms with van der Waals surface area (Å²) in [5.74, 6) is -0.179. The number of pyridine rings is 1. The number of rotatable bonds is 10. The van der Waals surface area contributed by atoms with Gasteiger partial charge in [-0.25, -0.2) is 14.6 Å². The van der Waals surface area contributed by atoms with Gasteiger partial charge in [0.1, 0.15) is 0 Å².